The smallest absolute Gasteiger partial charge is 0.157 e. The maximum absolute atomic E-state index is 5.74. The third-order valence-corrected chi connectivity index (χ3v) is 14.2. The van der Waals surface area contributed by atoms with Gasteiger partial charge in [-0.15, -0.1) is 0 Å². The lowest BCUT2D eigenvalue weighted by Crippen LogP contribution is -2.35. The van der Waals surface area contributed by atoms with E-state index in [1.165, 1.54) is 26.8 Å². The molecule has 2 unspecified atom stereocenters. The van der Waals surface area contributed by atoms with Gasteiger partial charge in [0.25, 0.3) is 0 Å². The van der Waals surface area contributed by atoms with Crippen LogP contribution in [0.1, 0.15) is 58.5 Å². The van der Waals surface area contributed by atoms with Crippen molar-refractivity contribution in [3.63, 3.8) is 0 Å². The Kier molecular flexibility index (Phi) is 9.87. The highest BCUT2D eigenvalue weighted by Gasteiger charge is 2.45. The average Bonchev–Trinajstić information content (AvgIpc) is 3.76. The molecule has 1 aromatic heterocycles. The van der Waals surface area contributed by atoms with E-state index in [4.69, 9.17) is 26.5 Å². The first-order valence-corrected chi connectivity index (χ1v) is 23.5. The number of aryl methyl sites for hydroxylation is 1. The molecular formula is C62H50N6. The Labute approximate surface area is 396 Å². The molecule has 1 saturated heterocycles. The third kappa shape index (κ3) is 6.70. The van der Waals surface area contributed by atoms with Crippen LogP contribution in [-0.4, -0.2) is 46.3 Å². The molecule has 4 bridgehead atoms. The van der Waals surface area contributed by atoms with E-state index >= 15 is 0 Å². The summed E-state index contributed by atoms with van der Waals surface area (Å²) in [5, 5.41) is 9.19. The van der Waals surface area contributed by atoms with Gasteiger partial charge in [0.2, 0.25) is 0 Å². The molecule has 0 N–H and O–H groups in total. The summed E-state index contributed by atoms with van der Waals surface area (Å²) in [6, 6.07) is 50.8. The van der Waals surface area contributed by atoms with Gasteiger partial charge in [0.15, 0.2) is 5.84 Å². The zero-order chi connectivity index (χ0) is 46.2. The Morgan fingerprint density at radius 1 is 0.632 bits per heavy atom. The van der Waals surface area contributed by atoms with E-state index in [0.29, 0.717) is 18.1 Å². The Hall–Kier alpha value is -8.22. The minimum atomic E-state index is -0.122. The highest BCUT2D eigenvalue weighted by Crippen LogP contribution is 2.46. The molecule has 6 heteroatoms. The van der Waals surface area contributed by atoms with E-state index in [1.54, 1.807) is 0 Å². The van der Waals surface area contributed by atoms with Crippen molar-refractivity contribution in [1.29, 1.82) is 0 Å². The fraction of sp³-hybridized carbons (Fsp3) is 0.129. The van der Waals surface area contributed by atoms with E-state index in [-0.39, 0.29) is 11.8 Å². The fourth-order valence-corrected chi connectivity index (χ4v) is 11.0. The van der Waals surface area contributed by atoms with Crippen LogP contribution < -0.4 is 10.4 Å². The molecule has 0 radical (unpaired) electrons. The SMILES string of the molecule is C=C1N=C2C3C=c4ccccc4=CC3C3=NC(=NC)c4cc(/C=C\C=C/C)ccc4/C(=C(\c4cccc(C)c4)c4c5cc6ccccc6cc5c(n4C)/N=C(\C)c4cc5ccccc5cc41)CN23. The van der Waals surface area contributed by atoms with Crippen LogP contribution in [0.2, 0.25) is 0 Å². The molecule has 1 aliphatic carbocycles. The maximum atomic E-state index is 5.74. The second kappa shape index (κ2) is 16.3. The normalized spacial score (nSPS) is 20.2. The molecule has 68 heavy (non-hydrogen) atoms. The lowest BCUT2D eigenvalue weighted by molar-refractivity contribution is 0.694. The van der Waals surface area contributed by atoms with Crippen LogP contribution in [-0.2, 0) is 7.05 Å². The van der Waals surface area contributed by atoms with Crippen LogP contribution in [0.4, 0.5) is 5.82 Å². The number of hydrogen-bond acceptors (Lipinski definition) is 4. The van der Waals surface area contributed by atoms with E-state index < -0.39 is 0 Å². The third-order valence-electron chi connectivity index (χ3n) is 14.2. The Morgan fingerprint density at radius 3 is 1.96 bits per heavy atom. The van der Waals surface area contributed by atoms with Gasteiger partial charge in [0.1, 0.15) is 17.5 Å². The summed E-state index contributed by atoms with van der Waals surface area (Å²) in [4.78, 5) is 24.6. The number of hydrogen-bond donors (Lipinski definition) is 0. The molecule has 0 amide bonds. The summed E-state index contributed by atoms with van der Waals surface area (Å²) in [6.45, 7) is 11.7. The van der Waals surface area contributed by atoms with Gasteiger partial charge in [-0.2, -0.15) is 0 Å². The molecule has 0 saturated carbocycles. The Balaban J connectivity index is 1.28. The predicted octanol–water partition coefficient (Wildman–Crippen LogP) is 12.5. The lowest BCUT2D eigenvalue weighted by atomic mass is 9.86. The summed E-state index contributed by atoms with van der Waals surface area (Å²) in [5.41, 5.74) is 12.3. The van der Waals surface area contributed by atoms with Crippen molar-refractivity contribution >= 4 is 96.4 Å². The Morgan fingerprint density at radius 2 is 1.28 bits per heavy atom. The summed E-state index contributed by atoms with van der Waals surface area (Å²) in [5.74, 6) is 3.15. The first-order valence-electron chi connectivity index (χ1n) is 23.5. The first kappa shape index (κ1) is 41.2. The zero-order valence-corrected chi connectivity index (χ0v) is 39.0. The van der Waals surface area contributed by atoms with Gasteiger partial charge in [0.05, 0.1) is 17.9 Å². The number of aromatic nitrogens is 1. The minimum absolute atomic E-state index is 0.111. The van der Waals surface area contributed by atoms with E-state index in [9.17, 15) is 0 Å². The molecule has 4 aliphatic rings. The lowest BCUT2D eigenvalue weighted by Gasteiger charge is -2.29. The molecule has 7 aromatic carbocycles. The Bertz CT molecular complexity index is 3860. The first-order chi connectivity index (χ1) is 33.3. The number of nitrogens with zero attached hydrogens (tertiary/aromatic N) is 6. The van der Waals surface area contributed by atoms with Gasteiger partial charge >= 0.3 is 0 Å². The topological polar surface area (TPSA) is 57.6 Å². The van der Waals surface area contributed by atoms with Crippen molar-refractivity contribution in [3.05, 3.63) is 219 Å². The summed E-state index contributed by atoms with van der Waals surface area (Å²) >= 11 is 0. The van der Waals surface area contributed by atoms with Crippen molar-refractivity contribution < 1.29 is 0 Å². The van der Waals surface area contributed by atoms with Crippen LogP contribution in [0.15, 0.2) is 184 Å². The largest absolute Gasteiger partial charge is 0.328 e. The summed E-state index contributed by atoms with van der Waals surface area (Å²) in [6.07, 6.45) is 13.1. The van der Waals surface area contributed by atoms with Crippen molar-refractivity contribution in [2.75, 3.05) is 13.6 Å². The van der Waals surface area contributed by atoms with Crippen LogP contribution in [0.25, 0.3) is 67.4 Å². The molecule has 12 rings (SSSR count). The molecule has 0 spiro atoms. The number of benzene rings is 7. The van der Waals surface area contributed by atoms with Crippen molar-refractivity contribution in [2.45, 2.75) is 20.8 Å². The predicted molar refractivity (Wildman–Crippen MR) is 288 cm³/mol. The van der Waals surface area contributed by atoms with Crippen molar-refractivity contribution in [3.8, 4) is 0 Å². The van der Waals surface area contributed by atoms with Crippen molar-refractivity contribution in [2.24, 2.45) is 38.9 Å². The molecule has 4 heterocycles. The standard InChI is InChI=1S/C62H50N6/c1-7-8-9-18-40-26-27-48-52(29-40)59(63-5)66-62-55-35-46-24-15-14-23-45(46)34-54(55)61-65-39(4)50-31-42-20-11-10-19-41(42)30-49(50)38(3)64-60-53-33-44-22-13-12-21-43(44)32-51(53)58(67(60)6)57(56(48)36-68(61)62)47-25-16-17-37(2)28-47/h7-35,54-55H,4,36H2,1-3,5-6H3/b8-7-,18-9-,57-56+,63-59?,64-38+,65-61?,66-62?. The van der Waals surface area contributed by atoms with Gasteiger partial charge in [-0.05, 0) is 105 Å². The highest BCUT2D eigenvalue weighted by atomic mass is 15.3. The zero-order valence-electron chi connectivity index (χ0n) is 39.0. The minimum Gasteiger partial charge on any atom is -0.328 e. The molecular weight excluding hydrogens is 829 g/mol. The average molecular weight is 879 g/mol. The second-order valence-corrected chi connectivity index (χ2v) is 18.4. The number of amidine groups is 3. The quantitative estimate of drug-likeness (QED) is 0.163. The monoisotopic (exact) mass is 878 g/mol. The van der Waals surface area contributed by atoms with Crippen LogP contribution in [0, 0.1) is 18.8 Å². The van der Waals surface area contributed by atoms with Crippen LogP contribution in [0.5, 0.6) is 0 Å². The van der Waals surface area contributed by atoms with E-state index in [2.05, 4.69) is 200 Å². The van der Waals surface area contributed by atoms with E-state index in [0.717, 1.165) is 95.0 Å². The van der Waals surface area contributed by atoms with Gasteiger partial charge in [-0.25, -0.2) is 15.0 Å². The number of allylic oxidation sites excluding steroid dienone is 3. The highest BCUT2D eigenvalue weighted by molar-refractivity contribution is 6.24. The van der Waals surface area contributed by atoms with Crippen molar-refractivity contribution in [1.82, 2.24) is 9.47 Å². The molecule has 2 atom stereocenters. The van der Waals surface area contributed by atoms with Gasteiger partial charge in [-0.1, -0.05) is 158 Å². The fourth-order valence-electron chi connectivity index (χ4n) is 11.0. The summed E-state index contributed by atoms with van der Waals surface area (Å²) in [7, 11) is 4.06. The summed E-state index contributed by atoms with van der Waals surface area (Å²) < 4.78 is 2.34. The van der Waals surface area contributed by atoms with E-state index in [1.807, 2.05) is 20.0 Å². The number of rotatable bonds is 3. The van der Waals surface area contributed by atoms with Gasteiger partial charge < -0.3 is 9.47 Å². The number of fused-ring (bicyclic) bond motifs is 15. The maximum Gasteiger partial charge on any atom is 0.157 e. The molecule has 8 aromatic rings. The van der Waals surface area contributed by atoms with Gasteiger partial charge in [-0.3, -0.25) is 4.99 Å². The van der Waals surface area contributed by atoms with Crippen LogP contribution in [0.3, 0.4) is 0 Å². The molecule has 6 nitrogen and oxygen atoms in total. The van der Waals surface area contributed by atoms with Crippen LogP contribution >= 0.6 is 0 Å². The molecule has 328 valence electrons. The second-order valence-electron chi connectivity index (χ2n) is 18.4. The van der Waals surface area contributed by atoms with Gasteiger partial charge in [0, 0.05) is 64.7 Å². The molecule has 1 fully saturated rings. The molecule has 3 aliphatic heterocycles. The number of aliphatic imine (C=N–C) groups is 4.